The van der Waals surface area contributed by atoms with Crippen LogP contribution in [0.3, 0.4) is 0 Å². The maximum Gasteiger partial charge on any atom is 0.340 e. The van der Waals surface area contributed by atoms with Gasteiger partial charge in [-0.15, -0.1) is 0 Å². The summed E-state index contributed by atoms with van der Waals surface area (Å²) in [7, 11) is 0. The van der Waals surface area contributed by atoms with Crippen LogP contribution in [0.15, 0.2) is 60.7 Å². The highest BCUT2D eigenvalue weighted by molar-refractivity contribution is 5.93. The van der Waals surface area contributed by atoms with Crippen LogP contribution < -0.4 is 0 Å². The van der Waals surface area contributed by atoms with Crippen molar-refractivity contribution in [1.82, 2.24) is 9.47 Å². The lowest BCUT2D eigenvalue weighted by molar-refractivity contribution is 0.0358. The third-order valence-electron chi connectivity index (χ3n) is 6.13. The number of benzene rings is 2. The Hall–Kier alpha value is -3.25. The zero-order valence-electron chi connectivity index (χ0n) is 18.4. The fraction of sp³-hybridized carbons (Fsp3) is 0.346. The Kier molecular flexibility index (Phi) is 6.81. The Bertz CT molecular complexity index is 1060. The summed E-state index contributed by atoms with van der Waals surface area (Å²) in [5.74, 6) is -0.339. The maximum absolute atomic E-state index is 12.9. The monoisotopic (exact) mass is 434 g/mol. The average Bonchev–Trinajstić information content (AvgIpc) is 3.10. The molecule has 168 valence electrons. The van der Waals surface area contributed by atoms with Crippen molar-refractivity contribution in [3.05, 3.63) is 77.4 Å². The molecule has 2 heterocycles. The molecular weight excluding hydrogens is 404 g/mol. The number of likely N-dealkylation sites (tertiary alicyclic amines) is 1. The van der Waals surface area contributed by atoms with Gasteiger partial charge in [0.25, 0.3) is 0 Å². The Morgan fingerprint density at radius 2 is 1.84 bits per heavy atom. The number of hydrogen-bond acceptors (Lipinski definition) is 5. The van der Waals surface area contributed by atoms with Crippen LogP contribution in [0.2, 0.25) is 0 Å². The van der Waals surface area contributed by atoms with Gasteiger partial charge in [0, 0.05) is 30.5 Å². The summed E-state index contributed by atoms with van der Waals surface area (Å²) in [5, 5.41) is 21.5. The highest BCUT2D eigenvalue weighted by atomic mass is 16.5. The van der Waals surface area contributed by atoms with Crippen molar-refractivity contribution in [3.63, 3.8) is 0 Å². The summed E-state index contributed by atoms with van der Waals surface area (Å²) in [5.41, 5.74) is 2.30. The number of carbonyl (C=O) groups is 1. The Morgan fingerprint density at radius 1 is 1.09 bits per heavy atom. The molecule has 1 atom stereocenters. The molecule has 1 aromatic heterocycles. The molecule has 3 aromatic rings. The van der Waals surface area contributed by atoms with E-state index in [9.17, 15) is 15.0 Å². The summed E-state index contributed by atoms with van der Waals surface area (Å²) < 4.78 is 6.96. The molecule has 1 saturated heterocycles. The van der Waals surface area contributed by atoms with Gasteiger partial charge in [0.1, 0.15) is 0 Å². The minimum Gasteiger partial charge on any atom is -0.494 e. The largest absolute Gasteiger partial charge is 0.494 e. The van der Waals surface area contributed by atoms with Crippen LogP contribution in [0, 0.1) is 5.92 Å². The Morgan fingerprint density at radius 3 is 2.62 bits per heavy atom. The van der Waals surface area contributed by atoms with Crippen LogP contribution in [0.1, 0.15) is 41.3 Å². The lowest BCUT2D eigenvalue weighted by atomic mass is 9.99. The molecule has 0 saturated carbocycles. The third kappa shape index (κ3) is 4.81. The highest BCUT2D eigenvalue weighted by Gasteiger charge is 2.24. The molecule has 1 fully saturated rings. The number of hydrogen-bond donors (Lipinski definition) is 2. The SMILES string of the molecule is CCN1CCCC(COC(=O)c2ccccc2-n2c(O)cc(Cc3ccccc3)c2O)C1. The lowest BCUT2D eigenvalue weighted by Gasteiger charge is -2.31. The second-order valence-corrected chi connectivity index (χ2v) is 8.37. The maximum atomic E-state index is 12.9. The van der Waals surface area contributed by atoms with Gasteiger partial charge >= 0.3 is 5.97 Å². The van der Waals surface area contributed by atoms with Gasteiger partial charge in [-0.05, 0) is 43.6 Å². The van der Waals surface area contributed by atoms with E-state index in [4.69, 9.17) is 4.74 Å². The molecule has 0 bridgehead atoms. The summed E-state index contributed by atoms with van der Waals surface area (Å²) >= 11 is 0. The first-order chi connectivity index (χ1) is 15.6. The van der Waals surface area contributed by atoms with E-state index in [1.54, 1.807) is 24.3 Å². The number of para-hydroxylation sites is 1. The van der Waals surface area contributed by atoms with E-state index < -0.39 is 5.97 Å². The van der Waals surface area contributed by atoms with Gasteiger partial charge in [-0.2, -0.15) is 0 Å². The van der Waals surface area contributed by atoms with E-state index in [-0.39, 0.29) is 11.8 Å². The number of ether oxygens (including phenoxy) is 1. The smallest absolute Gasteiger partial charge is 0.340 e. The van der Waals surface area contributed by atoms with Gasteiger partial charge in [-0.25, -0.2) is 4.79 Å². The van der Waals surface area contributed by atoms with Crippen LogP contribution in [0.5, 0.6) is 11.8 Å². The van der Waals surface area contributed by atoms with E-state index in [0.29, 0.717) is 35.8 Å². The van der Waals surface area contributed by atoms with Crippen LogP contribution in [-0.4, -0.2) is 51.9 Å². The van der Waals surface area contributed by atoms with Gasteiger partial charge in [0.15, 0.2) is 5.88 Å². The van der Waals surface area contributed by atoms with Crippen LogP contribution in [0.4, 0.5) is 0 Å². The molecule has 2 aromatic carbocycles. The van der Waals surface area contributed by atoms with Crippen molar-refractivity contribution in [1.29, 1.82) is 0 Å². The van der Waals surface area contributed by atoms with Gasteiger partial charge in [-0.1, -0.05) is 49.4 Å². The summed E-state index contributed by atoms with van der Waals surface area (Å²) in [6.07, 6.45) is 2.63. The van der Waals surface area contributed by atoms with Crippen LogP contribution in [0.25, 0.3) is 5.69 Å². The summed E-state index contributed by atoms with van der Waals surface area (Å²) in [4.78, 5) is 15.3. The van der Waals surface area contributed by atoms with Gasteiger partial charge in [0.2, 0.25) is 5.88 Å². The van der Waals surface area contributed by atoms with Gasteiger partial charge in [-0.3, -0.25) is 4.57 Å². The average molecular weight is 435 g/mol. The van der Waals surface area contributed by atoms with E-state index >= 15 is 0 Å². The summed E-state index contributed by atoms with van der Waals surface area (Å²) in [6.45, 7) is 5.55. The third-order valence-corrected chi connectivity index (χ3v) is 6.13. The van der Waals surface area contributed by atoms with Crippen LogP contribution in [-0.2, 0) is 11.2 Å². The molecule has 0 spiro atoms. The molecule has 1 aliphatic heterocycles. The molecular formula is C26H30N2O4. The van der Waals surface area contributed by atoms with E-state index in [1.807, 2.05) is 30.3 Å². The van der Waals surface area contributed by atoms with Crippen molar-refractivity contribution < 1.29 is 19.7 Å². The second kappa shape index (κ2) is 9.92. The molecule has 0 amide bonds. The number of nitrogens with zero attached hydrogens (tertiary/aromatic N) is 2. The fourth-order valence-corrected chi connectivity index (χ4v) is 4.41. The first-order valence-electron chi connectivity index (χ1n) is 11.2. The van der Waals surface area contributed by atoms with E-state index in [2.05, 4.69) is 11.8 Å². The zero-order chi connectivity index (χ0) is 22.5. The minimum absolute atomic E-state index is 0.0857. The Balaban J connectivity index is 1.54. The minimum atomic E-state index is -0.452. The molecule has 6 nitrogen and oxygen atoms in total. The standard InChI is InChI=1S/C26H30N2O4/c1-2-27-14-8-11-20(17-27)18-32-26(31)22-12-6-7-13-23(22)28-24(29)16-21(25(28)30)15-19-9-4-3-5-10-19/h3-7,9-10,12-13,16,20,29-30H,2,8,11,14-15,17-18H2,1H3. The zero-order valence-corrected chi connectivity index (χ0v) is 18.4. The molecule has 0 radical (unpaired) electrons. The number of aromatic hydroxyl groups is 2. The molecule has 32 heavy (non-hydrogen) atoms. The first-order valence-corrected chi connectivity index (χ1v) is 11.2. The molecule has 1 unspecified atom stereocenters. The van der Waals surface area contributed by atoms with Gasteiger partial charge < -0.3 is 19.8 Å². The van der Waals surface area contributed by atoms with Crippen LogP contribution >= 0.6 is 0 Å². The second-order valence-electron chi connectivity index (χ2n) is 8.37. The predicted octanol–water partition coefficient (Wildman–Crippen LogP) is 4.37. The number of piperidine rings is 1. The highest BCUT2D eigenvalue weighted by Crippen LogP contribution is 2.34. The number of carbonyl (C=O) groups excluding carboxylic acids is 1. The van der Waals surface area contributed by atoms with Crippen molar-refractivity contribution in [2.75, 3.05) is 26.2 Å². The van der Waals surface area contributed by atoms with Crippen molar-refractivity contribution in [2.45, 2.75) is 26.2 Å². The first kappa shape index (κ1) is 22.0. The quantitative estimate of drug-likeness (QED) is 0.540. The number of rotatable bonds is 7. The van der Waals surface area contributed by atoms with E-state index in [0.717, 1.165) is 38.0 Å². The predicted molar refractivity (Wildman–Crippen MR) is 123 cm³/mol. The molecule has 4 rings (SSSR count). The molecule has 6 heteroatoms. The van der Waals surface area contributed by atoms with Gasteiger partial charge in [0.05, 0.1) is 17.9 Å². The fourth-order valence-electron chi connectivity index (χ4n) is 4.41. The van der Waals surface area contributed by atoms with Crippen molar-refractivity contribution >= 4 is 5.97 Å². The number of aromatic nitrogens is 1. The summed E-state index contributed by atoms with van der Waals surface area (Å²) in [6, 6.07) is 18.1. The number of esters is 1. The normalized spacial score (nSPS) is 16.7. The Labute approximate surface area is 188 Å². The molecule has 0 aliphatic carbocycles. The topological polar surface area (TPSA) is 74.9 Å². The molecule has 2 N–H and O–H groups in total. The van der Waals surface area contributed by atoms with Crippen molar-refractivity contribution in [3.8, 4) is 17.4 Å². The van der Waals surface area contributed by atoms with Crippen molar-refractivity contribution in [2.24, 2.45) is 5.92 Å². The van der Waals surface area contributed by atoms with E-state index in [1.165, 1.54) is 10.6 Å². The lowest BCUT2D eigenvalue weighted by Crippen LogP contribution is -2.37. The molecule has 1 aliphatic rings.